The van der Waals surface area contributed by atoms with Gasteiger partial charge in [-0.05, 0) is 42.0 Å². The van der Waals surface area contributed by atoms with Crippen molar-refractivity contribution in [1.82, 2.24) is 15.3 Å². The van der Waals surface area contributed by atoms with E-state index in [-0.39, 0.29) is 12.7 Å². The number of aromatic nitrogens is 2. The van der Waals surface area contributed by atoms with Crippen LogP contribution in [0.4, 0.5) is 11.6 Å². The van der Waals surface area contributed by atoms with E-state index in [1.807, 2.05) is 18.2 Å². The number of rotatable bonds is 5. The van der Waals surface area contributed by atoms with Crippen LogP contribution in [0.2, 0.25) is 0 Å². The zero-order chi connectivity index (χ0) is 19.3. The van der Waals surface area contributed by atoms with Crippen LogP contribution in [0.1, 0.15) is 21.5 Å². The molecular weight excluding hydrogens is 358 g/mol. The molecule has 1 aliphatic heterocycles. The molecule has 138 valence electrons. The van der Waals surface area contributed by atoms with E-state index in [0.717, 1.165) is 11.3 Å². The first-order chi connectivity index (χ1) is 13.7. The number of anilines is 2. The normalized spacial score (nSPS) is 11.5. The number of fused-ring (bicyclic) bond motifs is 1. The molecule has 8 heteroatoms. The zero-order valence-corrected chi connectivity index (χ0v) is 14.7. The van der Waals surface area contributed by atoms with Crippen molar-refractivity contribution < 1.29 is 14.3 Å². The van der Waals surface area contributed by atoms with Crippen molar-refractivity contribution in [3.63, 3.8) is 0 Å². The van der Waals surface area contributed by atoms with Crippen LogP contribution in [0.5, 0.6) is 11.5 Å². The lowest BCUT2D eigenvalue weighted by Crippen LogP contribution is -2.23. The Balaban J connectivity index is 1.35. The first-order valence-electron chi connectivity index (χ1n) is 8.47. The fraction of sp³-hybridized carbons (Fsp3) is 0.100. The Morgan fingerprint density at radius 1 is 1.07 bits per heavy atom. The standard InChI is InChI=1S/C20H15N5O3/c21-8-13-1-4-16(5-2-13)25-20-23-10-15(11-24-20)19(26)22-9-14-3-6-17-18(7-14)28-12-27-17/h1-7,10-11H,9,12H2,(H,22,26)(H,23,24,25). The Hall–Kier alpha value is -4.12. The maximum atomic E-state index is 12.3. The second kappa shape index (κ2) is 7.63. The van der Waals surface area contributed by atoms with Gasteiger partial charge in [0, 0.05) is 24.6 Å². The highest BCUT2D eigenvalue weighted by Gasteiger charge is 2.14. The lowest BCUT2D eigenvalue weighted by Gasteiger charge is -2.07. The molecule has 0 bridgehead atoms. The summed E-state index contributed by atoms with van der Waals surface area (Å²) in [7, 11) is 0. The Morgan fingerprint density at radius 2 is 1.82 bits per heavy atom. The van der Waals surface area contributed by atoms with Crippen molar-refractivity contribution in [2.75, 3.05) is 12.1 Å². The largest absolute Gasteiger partial charge is 0.454 e. The van der Waals surface area contributed by atoms with E-state index in [1.54, 1.807) is 24.3 Å². The number of nitriles is 1. The number of ether oxygens (including phenoxy) is 2. The van der Waals surface area contributed by atoms with Gasteiger partial charge in [-0.3, -0.25) is 4.79 Å². The average Bonchev–Trinajstić information content (AvgIpc) is 3.21. The lowest BCUT2D eigenvalue weighted by molar-refractivity contribution is 0.0950. The smallest absolute Gasteiger partial charge is 0.254 e. The summed E-state index contributed by atoms with van der Waals surface area (Å²) in [5.41, 5.74) is 2.57. The van der Waals surface area contributed by atoms with Crippen LogP contribution >= 0.6 is 0 Å². The number of carbonyl (C=O) groups excluding carboxylic acids is 1. The number of nitrogens with one attached hydrogen (secondary N) is 2. The van der Waals surface area contributed by atoms with Gasteiger partial charge in [0.15, 0.2) is 11.5 Å². The van der Waals surface area contributed by atoms with Gasteiger partial charge in [0.2, 0.25) is 12.7 Å². The predicted molar refractivity (Wildman–Crippen MR) is 100 cm³/mol. The van der Waals surface area contributed by atoms with E-state index in [4.69, 9.17) is 14.7 Å². The quantitative estimate of drug-likeness (QED) is 0.708. The number of carbonyl (C=O) groups is 1. The lowest BCUT2D eigenvalue weighted by atomic mass is 10.2. The number of amides is 1. The van der Waals surface area contributed by atoms with Crippen molar-refractivity contribution in [2.24, 2.45) is 0 Å². The van der Waals surface area contributed by atoms with Crippen LogP contribution in [-0.2, 0) is 6.54 Å². The van der Waals surface area contributed by atoms with Crippen molar-refractivity contribution in [1.29, 1.82) is 5.26 Å². The maximum absolute atomic E-state index is 12.3. The Morgan fingerprint density at radius 3 is 2.57 bits per heavy atom. The maximum Gasteiger partial charge on any atom is 0.254 e. The van der Waals surface area contributed by atoms with Crippen LogP contribution in [-0.4, -0.2) is 22.7 Å². The third kappa shape index (κ3) is 3.83. The summed E-state index contributed by atoms with van der Waals surface area (Å²) < 4.78 is 10.6. The Bertz CT molecular complexity index is 1040. The van der Waals surface area contributed by atoms with E-state index < -0.39 is 0 Å². The average molecular weight is 373 g/mol. The molecule has 0 unspecified atom stereocenters. The van der Waals surface area contributed by atoms with Crippen molar-refractivity contribution in [3.8, 4) is 17.6 Å². The fourth-order valence-electron chi connectivity index (χ4n) is 2.60. The van der Waals surface area contributed by atoms with Gasteiger partial charge in [-0.2, -0.15) is 5.26 Å². The monoisotopic (exact) mass is 373 g/mol. The van der Waals surface area contributed by atoms with E-state index in [1.165, 1.54) is 12.4 Å². The van der Waals surface area contributed by atoms with Gasteiger partial charge < -0.3 is 20.1 Å². The molecule has 0 saturated heterocycles. The number of hydrogen-bond acceptors (Lipinski definition) is 7. The molecule has 3 aromatic rings. The summed E-state index contributed by atoms with van der Waals surface area (Å²) in [6.07, 6.45) is 2.90. The third-order valence-corrected chi connectivity index (χ3v) is 4.07. The van der Waals surface area contributed by atoms with Gasteiger partial charge in [-0.25, -0.2) is 9.97 Å². The van der Waals surface area contributed by atoms with Gasteiger partial charge in [0.1, 0.15) is 0 Å². The van der Waals surface area contributed by atoms with Gasteiger partial charge >= 0.3 is 0 Å². The highest BCUT2D eigenvalue weighted by Crippen LogP contribution is 2.32. The molecule has 2 N–H and O–H groups in total. The SMILES string of the molecule is N#Cc1ccc(Nc2ncc(C(=O)NCc3ccc4c(c3)OCO4)cn2)cc1. The van der Waals surface area contributed by atoms with Gasteiger partial charge in [0.05, 0.1) is 17.2 Å². The molecule has 1 aromatic heterocycles. The highest BCUT2D eigenvalue weighted by molar-refractivity contribution is 5.93. The Kier molecular flexibility index (Phi) is 4.72. The second-order valence-electron chi connectivity index (χ2n) is 5.98. The van der Waals surface area contributed by atoms with Crippen LogP contribution in [0.25, 0.3) is 0 Å². The summed E-state index contributed by atoms with van der Waals surface area (Å²) in [6.45, 7) is 0.562. The first-order valence-corrected chi connectivity index (χ1v) is 8.47. The molecule has 0 radical (unpaired) electrons. The summed E-state index contributed by atoms with van der Waals surface area (Å²) in [6, 6.07) is 14.5. The summed E-state index contributed by atoms with van der Waals surface area (Å²) in [4.78, 5) is 20.6. The van der Waals surface area contributed by atoms with Crippen LogP contribution in [0.15, 0.2) is 54.9 Å². The minimum atomic E-state index is -0.275. The molecule has 0 fully saturated rings. The number of benzene rings is 2. The van der Waals surface area contributed by atoms with Crippen molar-refractivity contribution in [2.45, 2.75) is 6.54 Å². The molecule has 2 aromatic carbocycles. The van der Waals surface area contributed by atoms with Gasteiger partial charge in [-0.15, -0.1) is 0 Å². The van der Waals surface area contributed by atoms with E-state index in [2.05, 4.69) is 26.7 Å². The summed E-state index contributed by atoms with van der Waals surface area (Å²) in [5.74, 6) is 1.46. The second-order valence-corrected chi connectivity index (χ2v) is 5.98. The number of hydrogen-bond donors (Lipinski definition) is 2. The fourth-order valence-corrected chi connectivity index (χ4v) is 2.60. The number of nitrogens with zero attached hydrogens (tertiary/aromatic N) is 3. The predicted octanol–water partition coefficient (Wildman–Crippen LogP) is 2.75. The summed E-state index contributed by atoms with van der Waals surface area (Å²) in [5, 5.41) is 14.6. The molecule has 4 rings (SSSR count). The van der Waals surface area contributed by atoms with E-state index in [0.29, 0.717) is 35.1 Å². The third-order valence-electron chi connectivity index (χ3n) is 4.07. The minimum absolute atomic E-state index is 0.214. The van der Waals surface area contributed by atoms with Crippen LogP contribution < -0.4 is 20.1 Å². The molecule has 1 amide bonds. The molecule has 2 heterocycles. The molecule has 0 spiro atoms. The molecule has 1 aliphatic rings. The molecule has 8 nitrogen and oxygen atoms in total. The topological polar surface area (TPSA) is 109 Å². The van der Waals surface area contributed by atoms with Crippen molar-refractivity contribution in [3.05, 3.63) is 71.5 Å². The van der Waals surface area contributed by atoms with Crippen LogP contribution in [0, 0.1) is 11.3 Å². The minimum Gasteiger partial charge on any atom is -0.454 e. The molecular formula is C20H15N5O3. The van der Waals surface area contributed by atoms with Gasteiger partial charge in [-0.1, -0.05) is 6.07 Å². The molecule has 0 saturated carbocycles. The van der Waals surface area contributed by atoms with E-state index >= 15 is 0 Å². The van der Waals surface area contributed by atoms with Gasteiger partial charge in [0.25, 0.3) is 5.91 Å². The molecule has 28 heavy (non-hydrogen) atoms. The molecule has 0 atom stereocenters. The highest BCUT2D eigenvalue weighted by atomic mass is 16.7. The Labute approximate surface area is 160 Å². The summed E-state index contributed by atoms with van der Waals surface area (Å²) >= 11 is 0. The van der Waals surface area contributed by atoms with Crippen molar-refractivity contribution >= 4 is 17.5 Å². The zero-order valence-electron chi connectivity index (χ0n) is 14.7. The van der Waals surface area contributed by atoms with E-state index in [9.17, 15) is 4.79 Å². The molecule has 0 aliphatic carbocycles. The van der Waals surface area contributed by atoms with Crippen LogP contribution in [0.3, 0.4) is 0 Å². The first kappa shape index (κ1) is 17.3.